The van der Waals surface area contributed by atoms with Gasteiger partial charge in [-0.25, -0.2) is 4.98 Å². The van der Waals surface area contributed by atoms with Crippen molar-refractivity contribution in [3.63, 3.8) is 0 Å². The fraction of sp³-hybridized carbons (Fsp3) is 0.412. The first kappa shape index (κ1) is 15.6. The summed E-state index contributed by atoms with van der Waals surface area (Å²) in [4.78, 5) is 20.3. The van der Waals surface area contributed by atoms with Crippen LogP contribution in [0.25, 0.3) is 0 Å². The van der Waals surface area contributed by atoms with E-state index in [0.717, 1.165) is 17.1 Å². The summed E-state index contributed by atoms with van der Waals surface area (Å²) in [6.07, 6.45) is 0.832. The Morgan fingerprint density at radius 1 is 1.41 bits per heavy atom. The number of amides is 1. The lowest BCUT2D eigenvalue weighted by molar-refractivity contribution is -0.129. The van der Waals surface area contributed by atoms with Crippen molar-refractivity contribution in [3.8, 4) is 0 Å². The van der Waals surface area contributed by atoms with Gasteiger partial charge in [0, 0.05) is 23.2 Å². The summed E-state index contributed by atoms with van der Waals surface area (Å²) in [7, 11) is 1.88. The fourth-order valence-electron chi connectivity index (χ4n) is 2.55. The molecule has 1 aliphatic heterocycles. The SMILES string of the molecule is CC(C)c1nc(CN(C)C(=O)[C@H]2Cc3ccccc3S2)cs1. The molecular weight excluding hydrogens is 312 g/mol. The van der Waals surface area contributed by atoms with Crippen molar-refractivity contribution in [1.29, 1.82) is 0 Å². The van der Waals surface area contributed by atoms with E-state index in [0.29, 0.717) is 12.5 Å². The molecule has 0 saturated heterocycles. The Morgan fingerprint density at radius 3 is 2.86 bits per heavy atom. The number of thiazole rings is 1. The first-order chi connectivity index (χ1) is 10.5. The van der Waals surface area contributed by atoms with Gasteiger partial charge < -0.3 is 4.90 Å². The highest BCUT2D eigenvalue weighted by molar-refractivity contribution is 8.01. The average molecular weight is 332 g/mol. The van der Waals surface area contributed by atoms with Crippen LogP contribution in [0.1, 0.15) is 36.0 Å². The molecule has 5 heteroatoms. The highest BCUT2D eigenvalue weighted by Crippen LogP contribution is 2.37. The van der Waals surface area contributed by atoms with E-state index in [-0.39, 0.29) is 11.2 Å². The summed E-state index contributed by atoms with van der Waals surface area (Å²) in [6.45, 7) is 4.88. The van der Waals surface area contributed by atoms with Crippen LogP contribution in [0.2, 0.25) is 0 Å². The lowest BCUT2D eigenvalue weighted by Gasteiger charge is -2.19. The van der Waals surface area contributed by atoms with Crippen molar-refractivity contribution in [2.24, 2.45) is 0 Å². The van der Waals surface area contributed by atoms with Gasteiger partial charge in [0.1, 0.15) is 0 Å². The van der Waals surface area contributed by atoms with Crippen molar-refractivity contribution in [2.45, 2.75) is 42.9 Å². The maximum atomic E-state index is 12.6. The Balaban J connectivity index is 1.63. The van der Waals surface area contributed by atoms with Crippen LogP contribution in [-0.2, 0) is 17.8 Å². The standard InChI is InChI=1S/C17H20N2OS2/c1-11(2)16-18-13(10-21-16)9-19(3)17(20)15-8-12-6-4-5-7-14(12)22-15/h4-7,10-11,15H,8-9H2,1-3H3/t15-/m1/s1. The van der Waals surface area contributed by atoms with Crippen molar-refractivity contribution in [1.82, 2.24) is 9.88 Å². The van der Waals surface area contributed by atoms with Gasteiger partial charge in [-0.2, -0.15) is 0 Å². The van der Waals surface area contributed by atoms with Crippen LogP contribution in [0.15, 0.2) is 34.5 Å². The van der Waals surface area contributed by atoms with E-state index < -0.39 is 0 Å². The summed E-state index contributed by atoms with van der Waals surface area (Å²) < 4.78 is 0. The quantitative estimate of drug-likeness (QED) is 0.850. The minimum absolute atomic E-state index is 0.00519. The number of rotatable bonds is 4. The summed E-state index contributed by atoms with van der Waals surface area (Å²) in [5.41, 5.74) is 2.28. The molecule has 2 heterocycles. The third-order valence-electron chi connectivity index (χ3n) is 3.76. The minimum Gasteiger partial charge on any atom is -0.339 e. The topological polar surface area (TPSA) is 33.2 Å². The first-order valence-electron chi connectivity index (χ1n) is 7.48. The zero-order valence-electron chi connectivity index (χ0n) is 13.1. The molecule has 116 valence electrons. The molecule has 1 aromatic carbocycles. The number of hydrogen-bond donors (Lipinski definition) is 0. The van der Waals surface area contributed by atoms with E-state index in [1.807, 2.05) is 24.1 Å². The highest BCUT2D eigenvalue weighted by atomic mass is 32.2. The average Bonchev–Trinajstić information content (AvgIpc) is 3.12. The second-order valence-electron chi connectivity index (χ2n) is 5.94. The van der Waals surface area contributed by atoms with Gasteiger partial charge >= 0.3 is 0 Å². The van der Waals surface area contributed by atoms with Crippen molar-refractivity contribution < 1.29 is 4.79 Å². The molecule has 0 saturated carbocycles. The number of hydrogen-bond acceptors (Lipinski definition) is 4. The second-order valence-corrected chi connectivity index (χ2v) is 8.08. The number of nitrogens with zero attached hydrogens (tertiary/aromatic N) is 2. The molecule has 22 heavy (non-hydrogen) atoms. The van der Waals surface area contributed by atoms with Crippen LogP contribution >= 0.6 is 23.1 Å². The molecule has 3 rings (SSSR count). The molecule has 1 amide bonds. The molecule has 3 nitrogen and oxygen atoms in total. The smallest absolute Gasteiger partial charge is 0.236 e. The molecule has 0 radical (unpaired) electrons. The number of thioether (sulfide) groups is 1. The zero-order chi connectivity index (χ0) is 15.7. The van der Waals surface area contributed by atoms with Crippen LogP contribution in [0, 0.1) is 0 Å². The summed E-state index contributed by atoms with van der Waals surface area (Å²) in [6, 6.07) is 8.29. The van der Waals surface area contributed by atoms with Crippen molar-refractivity contribution >= 4 is 29.0 Å². The van der Waals surface area contributed by atoms with E-state index in [9.17, 15) is 4.79 Å². The molecule has 0 bridgehead atoms. The number of fused-ring (bicyclic) bond motifs is 1. The van der Waals surface area contributed by atoms with Gasteiger partial charge in [-0.1, -0.05) is 32.0 Å². The Hall–Kier alpha value is -1.33. The Kier molecular flexibility index (Phi) is 4.54. The van der Waals surface area contributed by atoms with E-state index in [1.165, 1.54) is 10.5 Å². The molecule has 1 aromatic heterocycles. The summed E-state index contributed by atoms with van der Waals surface area (Å²) in [5.74, 6) is 0.639. The second kappa shape index (κ2) is 6.42. The number of carbonyl (C=O) groups excluding carboxylic acids is 1. The molecule has 1 aliphatic rings. The first-order valence-corrected chi connectivity index (χ1v) is 9.24. The van der Waals surface area contributed by atoms with Crippen molar-refractivity contribution in [2.75, 3.05) is 7.05 Å². The normalized spacial score (nSPS) is 16.8. The van der Waals surface area contributed by atoms with Gasteiger partial charge in [0.2, 0.25) is 5.91 Å². The molecule has 0 N–H and O–H groups in total. The van der Waals surface area contributed by atoms with E-state index >= 15 is 0 Å². The Bertz CT molecular complexity index is 656. The minimum atomic E-state index is 0.00519. The maximum Gasteiger partial charge on any atom is 0.236 e. The predicted molar refractivity (Wildman–Crippen MR) is 92.5 cm³/mol. The number of carbonyl (C=O) groups is 1. The third kappa shape index (κ3) is 3.20. The highest BCUT2D eigenvalue weighted by Gasteiger charge is 2.30. The van der Waals surface area contributed by atoms with Crippen LogP contribution < -0.4 is 0 Å². The van der Waals surface area contributed by atoms with E-state index in [4.69, 9.17) is 0 Å². The maximum absolute atomic E-state index is 12.6. The summed E-state index contributed by atoms with van der Waals surface area (Å²) >= 11 is 3.36. The molecule has 1 atom stereocenters. The van der Waals surface area contributed by atoms with Crippen LogP contribution in [0.3, 0.4) is 0 Å². The van der Waals surface area contributed by atoms with E-state index in [2.05, 4.69) is 36.3 Å². The lowest BCUT2D eigenvalue weighted by atomic mass is 10.1. The van der Waals surface area contributed by atoms with Crippen LogP contribution in [0.4, 0.5) is 0 Å². The lowest BCUT2D eigenvalue weighted by Crippen LogP contribution is -2.34. The van der Waals surface area contributed by atoms with Gasteiger partial charge in [0.05, 0.1) is 22.5 Å². The molecule has 0 aliphatic carbocycles. The fourth-order valence-corrected chi connectivity index (χ4v) is 4.68. The van der Waals surface area contributed by atoms with Gasteiger partial charge in [-0.3, -0.25) is 4.79 Å². The van der Waals surface area contributed by atoms with Crippen LogP contribution in [0.5, 0.6) is 0 Å². The van der Waals surface area contributed by atoms with Gasteiger partial charge in [-0.05, 0) is 18.1 Å². The molecule has 0 spiro atoms. The van der Waals surface area contributed by atoms with Gasteiger partial charge in [0.15, 0.2) is 0 Å². The molecule has 0 fully saturated rings. The predicted octanol–water partition coefficient (Wildman–Crippen LogP) is 3.94. The number of benzene rings is 1. The van der Waals surface area contributed by atoms with Crippen molar-refractivity contribution in [3.05, 3.63) is 45.9 Å². The molecule has 0 unspecified atom stereocenters. The third-order valence-corrected chi connectivity index (χ3v) is 6.26. The molecule has 2 aromatic rings. The van der Waals surface area contributed by atoms with Crippen LogP contribution in [-0.4, -0.2) is 28.1 Å². The zero-order valence-corrected chi connectivity index (χ0v) is 14.7. The largest absolute Gasteiger partial charge is 0.339 e. The van der Waals surface area contributed by atoms with Gasteiger partial charge in [0.25, 0.3) is 0 Å². The number of aromatic nitrogens is 1. The summed E-state index contributed by atoms with van der Waals surface area (Å²) in [5, 5.41) is 3.21. The Labute approximate surface area is 139 Å². The van der Waals surface area contributed by atoms with E-state index in [1.54, 1.807) is 23.1 Å². The monoisotopic (exact) mass is 332 g/mol. The molecular formula is C17H20N2OS2. The van der Waals surface area contributed by atoms with Gasteiger partial charge in [-0.15, -0.1) is 23.1 Å². The Morgan fingerprint density at radius 2 is 2.18 bits per heavy atom.